The zero-order valence-corrected chi connectivity index (χ0v) is 10.5. The first-order valence-corrected chi connectivity index (χ1v) is 6.27. The Hall–Kier alpha value is -2.14. The molecule has 5 heteroatoms. The molecule has 0 bridgehead atoms. The third-order valence-corrected chi connectivity index (χ3v) is 3.55. The van der Waals surface area contributed by atoms with Gasteiger partial charge in [0.25, 0.3) is 0 Å². The van der Waals surface area contributed by atoms with Crippen molar-refractivity contribution >= 4 is 23.0 Å². The number of carbonyl (C=O) groups is 1. The Morgan fingerprint density at radius 1 is 1.39 bits per heavy atom. The van der Waals surface area contributed by atoms with Crippen molar-refractivity contribution in [3.8, 4) is 10.6 Å². The number of ether oxygens (including phenoxy) is 1. The van der Waals surface area contributed by atoms with Crippen LogP contribution < -0.4 is 0 Å². The second-order valence-corrected chi connectivity index (χ2v) is 4.70. The Morgan fingerprint density at radius 3 is 3.00 bits per heavy atom. The van der Waals surface area contributed by atoms with E-state index < -0.39 is 0 Å². The predicted molar refractivity (Wildman–Crippen MR) is 69.8 cm³/mol. The first kappa shape index (κ1) is 11.0. The SMILES string of the molecule is COC(=O)c1cccn2cc(-c3cccs3)nc12. The average molecular weight is 258 g/mol. The fourth-order valence-corrected chi connectivity index (χ4v) is 2.51. The molecule has 0 aliphatic heterocycles. The van der Waals surface area contributed by atoms with E-state index in [4.69, 9.17) is 4.74 Å². The van der Waals surface area contributed by atoms with E-state index in [-0.39, 0.29) is 5.97 Å². The summed E-state index contributed by atoms with van der Waals surface area (Å²) in [5.74, 6) is -0.371. The average Bonchev–Trinajstić information content (AvgIpc) is 3.04. The summed E-state index contributed by atoms with van der Waals surface area (Å²) in [6.45, 7) is 0. The van der Waals surface area contributed by atoms with Crippen molar-refractivity contribution in [2.24, 2.45) is 0 Å². The second kappa shape index (κ2) is 4.27. The maximum atomic E-state index is 11.7. The van der Waals surface area contributed by atoms with Gasteiger partial charge in [-0.1, -0.05) is 6.07 Å². The van der Waals surface area contributed by atoms with Crippen molar-refractivity contribution in [3.63, 3.8) is 0 Å². The molecule has 0 saturated carbocycles. The van der Waals surface area contributed by atoms with Crippen LogP contribution in [0, 0.1) is 0 Å². The number of carbonyl (C=O) groups excluding carboxylic acids is 1. The number of pyridine rings is 1. The first-order valence-electron chi connectivity index (χ1n) is 5.39. The van der Waals surface area contributed by atoms with Crippen molar-refractivity contribution in [3.05, 3.63) is 47.6 Å². The van der Waals surface area contributed by atoms with Gasteiger partial charge in [-0.3, -0.25) is 0 Å². The smallest absolute Gasteiger partial charge is 0.341 e. The number of methoxy groups -OCH3 is 1. The lowest BCUT2D eigenvalue weighted by molar-refractivity contribution is 0.0602. The minimum atomic E-state index is -0.371. The fourth-order valence-electron chi connectivity index (χ4n) is 1.83. The Kier molecular flexibility index (Phi) is 2.60. The number of rotatable bonds is 2. The fraction of sp³-hybridized carbons (Fsp3) is 0.0769. The molecule has 0 saturated heterocycles. The van der Waals surface area contributed by atoms with Gasteiger partial charge in [-0.25, -0.2) is 9.78 Å². The molecule has 0 spiro atoms. The molecule has 4 nitrogen and oxygen atoms in total. The molecule has 0 fully saturated rings. The van der Waals surface area contributed by atoms with Gasteiger partial charge < -0.3 is 9.14 Å². The van der Waals surface area contributed by atoms with Gasteiger partial charge in [-0.2, -0.15) is 0 Å². The third kappa shape index (κ3) is 1.69. The molecule has 3 aromatic rings. The molecule has 0 radical (unpaired) electrons. The van der Waals surface area contributed by atoms with Crippen molar-refractivity contribution < 1.29 is 9.53 Å². The number of hydrogen-bond acceptors (Lipinski definition) is 4. The summed E-state index contributed by atoms with van der Waals surface area (Å²) in [5, 5.41) is 2.00. The zero-order chi connectivity index (χ0) is 12.5. The highest BCUT2D eigenvalue weighted by molar-refractivity contribution is 7.13. The van der Waals surface area contributed by atoms with Crippen LogP contribution in [0.5, 0.6) is 0 Å². The van der Waals surface area contributed by atoms with Crippen LogP contribution in [0.25, 0.3) is 16.2 Å². The summed E-state index contributed by atoms with van der Waals surface area (Å²) < 4.78 is 6.59. The highest BCUT2D eigenvalue weighted by Gasteiger charge is 2.14. The van der Waals surface area contributed by atoms with Crippen LogP contribution >= 0.6 is 11.3 Å². The maximum Gasteiger partial charge on any atom is 0.341 e. The van der Waals surface area contributed by atoms with Gasteiger partial charge in [-0.15, -0.1) is 11.3 Å². The molecule has 3 rings (SSSR count). The summed E-state index contributed by atoms with van der Waals surface area (Å²) in [6, 6.07) is 7.50. The van der Waals surface area contributed by atoms with Gasteiger partial charge in [0.2, 0.25) is 0 Å². The molecule has 18 heavy (non-hydrogen) atoms. The highest BCUT2D eigenvalue weighted by Crippen LogP contribution is 2.25. The minimum absolute atomic E-state index is 0.371. The van der Waals surface area contributed by atoms with Crippen LogP contribution in [0.15, 0.2) is 42.0 Å². The van der Waals surface area contributed by atoms with Crippen LogP contribution in [0.1, 0.15) is 10.4 Å². The van der Waals surface area contributed by atoms with Crippen LogP contribution in [-0.2, 0) is 4.74 Å². The van der Waals surface area contributed by atoms with Crippen molar-refractivity contribution in [1.82, 2.24) is 9.38 Å². The Balaban J connectivity index is 2.20. The molecule has 0 aliphatic rings. The number of nitrogens with zero attached hydrogens (tertiary/aromatic N) is 2. The number of hydrogen-bond donors (Lipinski definition) is 0. The lowest BCUT2D eigenvalue weighted by Crippen LogP contribution is -2.03. The summed E-state index contributed by atoms with van der Waals surface area (Å²) in [6.07, 6.45) is 3.78. The number of fused-ring (bicyclic) bond motifs is 1. The lowest BCUT2D eigenvalue weighted by Gasteiger charge is -2.00. The summed E-state index contributed by atoms with van der Waals surface area (Å²) in [4.78, 5) is 17.2. The number of aromatic nitrogens is 2. The van der Waals surface area contributed by atoms with Crippen molar-refractivity contribution in [1.29, 1.82) is 0 Å². The Morgan fingerprint density at radius 2 is 2.28 bits per heavy atom. The van der Waals surface area contributed by atoms with Gasteiger partial charge in [0.05, 0.1) is 17.7 Å². The minimum Gasteiger partial charge on any atom is -0.465 e. The molecule has 0 amide bonds. The summed E-state index contributed by atoms with van der Waals surface area (Å²) >= 11 is 1.62. The van der Waals surface area contributed by atoms with Crippen LogP contribution in [0.2, 0.25) is 0 Å². The van der Waals surface area contributed by atoms with Crippen LogP contribution in [-0.4, -0.2) is 22.5 Å². The molecule has 0 aromatic carbocycles. The molecular weight excluding hydrogens is 248 g/mol. The molecular formula is C13H10N2O2S. The molecule has 0 N–H and O–H groups in total. The lowest BCUT2D eigenvalue weighted by atomic mass is 10.3. The van der Waals surface area contributed by atoms with Crippen molar-refractivity contribution in [2.75, 3.05) is 7.11 Å². The standard InChI is InChI=1S/C13H10N2O2S/c1-17-13(16)9-4-2-6-15-8-10(14-12(9)15)11-5-3-7-18-11/h2-8H,1H3. The molecule has 0 unspecified atom stereocenters. The normalized spacial score (nSPS) is 10.7. The highest BCUT2D eigenvalue weighted by atomic mass is 32.1. The van der Waals surface area contributed by atoms with E-state index in [1.165, 1.54) is 7.11 Å². The van der Waals surface area contributed by atoms with E-state index in [9.17, 15) is 4.79 Å². The van der Waals surface area contributed by atoms with Gasteiger partial charge in [0.15, 0.2) is 5.65 Å². The molecule has 3 aromatic heterocycles. The molecule has 90 valence electrons. The zero-order valence-electron chi connectivity index (χ0n) is 9.66. The Labute approximate surface area is 107 Å². The molecule has 3 heterocycles. The van der Waals surface area contributed by atoms with Crippen molar-refractivity contribution in [2.45, 2.75) is 0 Å². The number of imidazole rings is 1. The van der Waals surface area contributed by atoms with E-state index in [2.05, 4.69) is 4.98 Å². The van der Waals surface area contributed by atoms with E-state index in [1.807, 2.05) is 34.3 Å². The summed E-state index contributed by atoms with van der Waals surface area (Å²) in [7, 11) is 1.37. The Bertz CT molecular complexity index is 701. The van der Waals surface area contributed by atoms with Gasteiger partial charge in [-0.05, 0) is 23.6 Å². The topological polar surface area (TPSA) is 43.6 Å². The first-order chi connectivity index (χ1) is 8.79. The quantitative estimate of drug-likeness (QED) is 0.664. The van der Waals surface area contributed by atoms with E-state index in [0.29, 0.717) is 11.2 Å². The maximum absolute atomic E-state index is 11.7. The van der Waals surface area contributed by atoms with Gasteiger partial charge in [0.1, 0.15) is 5.56 Å². The van der Waals surface area contributed by atoms with Gasteiger partial charge in [0, 0.05) is 12.4 Å². The molecule has 0 aliphatic carbocycles. The monoisotopic (exact) mass is 258 g/mol. The number of esters is 1. The number of thiophene rings is 1. The molecule has 0 atom stereocenters. The van der Waals surface area contributed by atoms with Crippen LogP contribution in [0.3, 0.4) is 0 Å². The van der Waals surface area contributed by atoms with E-state index >= 15 is 0 Å². The second-order valence-electron chi connectivity index (χ2n) is 3.75. The van der Waals surface area contributed by atoms with Gasteiger partial charge >= 0.3 is 5.97 Å². The third-order valence-electron chi connectivity index (χ3n) is 2.66. The van der Waals surface area contributed by atoms with Crippen LogP contribution in [0.4, 0.5) is 0 Å². The largest absolute Gasteiger partial charge is 0.465 e. The summed E-state index contributed by atoms with van der Waals surface area (Å²) in [5.41, 5.74) is 1.96. The predicted octanol–water partition coefficient (Wildman–Crippen LogP) is 2.85. The van der Waals surface area contributed by atoms with E-state index in [1.54, 1.807) is 23.5 Å². The van der Waals surface area contributed by atoms with E-state index in [0.717, 1.165) is 10.6 Å².